The van der Waals surface area contributed by atoms with Crippen LogP contribution < -0.4 is 4.72 Å². The third kappa shape index (κ3) is 3.25. The van der Waals surface area contributed by atoms with Gasteiger partial charge in [0.15, 0.2) is 0 Å². The lowest BCUT2D eigenvalue weighted by Gasteiger charge is -2.20. The Bertz CT molecular complexity index is 434. The van der Waals surface area contributed by atoms with E-state index in [0.29, 0.717) is 21.9 Å². The summed E-state index contributed by atoms with van der Waals surface area (Å²) in [7, 11) is -3.31. The van der Waals surface area contributed by atoms with Crippen LogP contribution in [-0.4, -0.2) is 26.0 Å². The molecule has 0 bridgehead atoms. The summed E-state index contributed by atoms with van der Waals surface area (Å²) in [6.45, 7) is 2.48. The van der Waals surface area contributed by atoms with Crippen LogP contribution in [0.3, 0.4) is 0 Å². The number of amidine groups is 1. The van der Waals surface area contributed by atoms with Crippen molar-refractivity contribution in [2.75, 3.05) is 6.54 Å². The summed E-state index contributed by atoms with van der Waals surface area (Å²) >= 11 is 1.49. The van der Waals surface area contributed by atoms with Crippen LogP contribution >= 0.6 is 11.8 Å². The van der Waals surface area contributed by atoms with Gasteiger partial charge in [-0.3, -0.25) is 9.71 Å². The first-order valence-electron chi connectivity index (χ1n) is 6.07. The lowest BCUT2D eigenvalue weighted by molar-refractivity contribution is 0.517. The fraction of sp³-hybridized carbons (Fsp3) is 0.727. The number of hydrogen-bond donors (Lipinski definition) is 1. The Morgan fingerprint density at radius 1 is 1.41 bits per heavy atom. The van der Waals surface area contributed by atoms with Crippen molar-refractivity contribution in [3.05, 3.63) is 10.3 Å². The maximum absolute atomic E-state index is 11.8. The Morgan fingerprint density at radius 2 is 2.12 bits per heavy atom. The second kappa shape index (κ2) is 5.44. The summed E-state index contributed by atoms with van der Waals surface area (Å²) in [5, 5.41) is 0.451. The number of sulfonamides is 1. The smallest absolute Gasteiger partial charge is 0.268 e. The van der Waals surface area contributed by atoms with Crippen molar-refractivity contribution in [3.8, 4) is 0 Å². The SMILES string of the molecule is CCN=C1C=C(SC2CCCCC2)S(=O)(=O)N1. The fourth-order valence-corrected chi connectivity index (χ4v) is 4.98. The molecular weight excluding hydrogens is 256 g/mol. The first kappa shape index (κ1) is 13.0. The molecule has 17 heavy (non-hydrogen) atoms. The van der Waals surface area contributed by atoms with Crippen LogP contribution in [-0.2, 0) is 10.0 Å². The highest BCUT2D eigenvalue weighted by atomic mass is 32.3. The van der Waals surface area contributed by atoms with E-state index in [-0.39, 0.29) is 0 Å². The lowest BCUT2D eigenvalue weighted by Crippen LogP contribution is -2.23. The maximum Gasteiger partial charge on any atom is 0.269 e. The molecule has 0 aromatic heterocycles. The summed E-state index contributed by atoms with van der Waals surface area (Å²) in [6, 6.07) is 0. The van der Waals surface area contributed by atoms with E-state index in [1.165, 1.54) is 31.0 Å². The van der Waals surface area contributed by atoms with Gasteiger partial charge in [-0.15, -0.1) is 11.8 Å². The Kier molecular flexibility index (Phi) is 4.14. The van der Waals surface area contributed by atoms with Gasteiger partial charge in [-0.1, -0.05) is 19.3 Å². The van der Waals surface area contributed by atoms with E-state index in [9.17, 15) is 8.42 Å². The van der Waals surface area contributed by atoms with Crippen molar-refractivity contribution < 1.29 is 8.42 Å². The van der Waals surface area contributed by atoms with Crippen LogP contribution in [0.2, 0.25) is 0 Å². The normalized spacial score (nSPS) is 26.9. The van der Waals surface area contributed by atoms with Gasteiger partial charge >= 0.3 is 0 Å². The van der Waals surface area contributed by atoms with Gasteiger partial charge < -0.3 is 0 Å². The zero-order chi connectivity index (χ0) is 12.3. The van der Waals surface area contributed by atoms with E-state index < -0.39 is 10.0 Å². The summed E-state index contributed by atoms with van der Waals surface area (Å²) in [6.07, 6.45) is 7.62. The molecule has 0 aromatic rings. The minimum absolute atomic E-state index is 0.441. The van der Waals surface area contributed by atoms with Crippen molar-refractivity contribution in [2.24, 2.45) is 4.99 Å². The second-order valence-corrected chi connectivity index (χ2v) is 7.56. The molecule has 4 nitrogen and oxygen atoms in total. The molecule has 0 unspecified atom stereocenters. The van der Waals surface area contributed by atoms with Crippen LogP contribution in [0.5, 0.6) is 0 Å². The Labute approximate surface area is 107 Å². The molecule has 96 valence electrons. The topological polar surface area (TPSA) is 58.5 Å². The van der Waals surface area contributed by atoms with Crippen molar-refractivity contribution in [3.63, 3.8) is 0 Å². The molecule has 2 rings (SSSR count). The average Bonchev–Trinajstić information content (AvgIpc) is 2.55. The number of thioether (sulfide) groups is 1. The molecular formula is C11H18N2O2S2. The summed E-state index contributed by atoms with van der Waals surface area (Å²) in [5.41, 5.74) is 0. The van der Waals surface area contributed by atoms with E-state index in [2.05, 4.69) is 9.71 Å². The molecule has 0 aromatic carbocycles. The van der Waals surface area contributed by atoms with Crippen molar-refractivity contribution in [1.82, 2.24) is 4.72 Å². The Morgan fingerprint density at radius 3 is 2.76 bits per heavy atom. The highest BCUT2D eigenvalue weighted by Crippen LogP contribution is 2.36. The van der Waals surface area contributed by atoms with Gasteiger partial charge in [0.2, 0.25) is 0 Å². The molecule has 0 radical (unpaired) electrons. The summed E-state index contributed by atoms with van der Waals surface area (Å²) in [4.78, 5) is 4.10. The molecule has 1 aliphatic heterocycles. The first-order valence-corrected chi connectivity index (χ1v) is 8.44. The van der Waals surface area contributed by atoms with E-state index >= 15 is 0 Å². The zero-order valence-electron chi connectivity index (χ0n) is 9.98. The maximum atomic E-state index is 11.8. The minimum Gasteiger partial charge on any atom is -0.268 e. The van der Waals surface area contributed by atoms with E-state index in [1.807, 2.05) is 6.92 Å². The van der Waals surface area contributed by atoms with Gasteiger partial charge in [-0.05, 0) is 19.8 Å². The molecule has 1 fully saturated rings. The third-order valence-electron chi connectivity index (χ3n) is 2.92. The zero-order valence-corrected chi connectivity index (χ0v) is 11.6. The number of rotatable bonds is 3. The molecule has 6 heteroatoms. The van der Waals surface area contributed by atoms with Gasteiger partial charge in [-0.25, -0.2) is 8.42 Å². The van der Waals surface area contributed by atoms with E-state index in [1.54, 1.807) is 6.08 Å². The third-order valence-corrected chi connectivity index (χ3v) is 6.15. The van der Waals surface area contributed by atoms with Crippen LogP contribution in [0.4, 0.5) is 0 Å². The van der Waals surface area contributed by atoms with Crippen LogP contribution in [0, 0.1) is 0 Å². The van der Waals surface area contributed by atoms with Gasteiger partial charge in [0, 0.05) is 17.9 Å². The lowest BCUT2D eigenvalue weighted by atomic mass is 10.0. The first-order chi connectivity index (χ1) is 8.12. The second-order valence-electron chi connectivity index (χ2n) is 4.31. The standard InChI is InChI=1S/C11H18N2O2S2/c1-2-12-10-8-11(17(14,15)13-10)16-9-6-4-3-5-7-9/h8-9H,2-7H2,1H3,(H,12,13). The Balaban J connectivity index is 2.08. The molecule has 0 saturated heterocycles. The minimum atomic E-state index is -3.31. The number of nitrogens with one attached hydrogen (secondary N) is 1. The van der Waals surface area contributed by atoms with Crippen molar-refractivity contribution in [1.29, 1.82) is 0 Å². The molecule has 1 saturated carbocycles. The van der Waals surface area contributed by atoms with E-state index in [4.69, 9.17) is 0 Å². The molecule has 0 amide bonds. The average molecular weight is 274 g/mol. The highest BCUT2D eigenvalue weighted by molar-refractivity contribution is 8.18. The molecule has 1 heterocycles. The predicted octanol–water partition coefficient (Wildman–Crippen LogP) is 2.25. The quantitative estimate of drug-likeness (QED) is 0.858. The van der Waals surface area contributed by atoms with Crippen molar-refractivity contribution >= 4 is 27.6 Å². The predicted molar refractivity (Wildman–Crippen MR) is 72.6 cm³/mol. The van der Waals surface area contributed by atoms with Gasteiger partial charge in [0.25, 0.3) is 10.0 Å². The molecule has 1 N–H and O–H groups in total. The largest absolute Gasteiger partial charge is 0.269 e. The number of hydrogen-bond acceptors (Lipinski definition) is 4. The van der Waals surface area contributed by atoms with E-state index in [0.717, 1.165) is 12.8 Å². The number of aliphatic imine (C=N–C) groups is 1. The molecule has 0 atom stereocenters. The molecule has 1 aliphatic carbocycles. The van der Waals surface area contributed by atoms with Crippen LogP contribution in [0.1, 0.15) is 39.0 Å². The van der Waals surface area contributed by atoms with Crippen molar-refractivity contribution in [2.45, 2.75) is 44.3 Å². The summed E-state index contributed by atoms with van der Waals surface area (Å²) in [5.74, 6) is 0.478. The van der Waals surface area contributed by atoms with Crippen LogP contribution in [0.25, 0.3) is 0 Å². The van der Waals surface area contributed by atoms with Gasteiger partial charge in [0.1, 0.15) is 10.1 Å². The van der Waals surface area contributed by atoms with Gasteiger partial charge in [0.05, 0.1) is 0 Å². The number of nitrogens with zero attached hydrogens (tertiary/aromatic N) is 1. The summed E-state index contributed by atoms with van der Waals surface area (Å²) < 4.78 is 26.6. The van der Waals surface area contributed by atoms with Crippen LogP contribution in [0.15, 0.2) is 15.3 Å². The monoisotopic (exact) mass is 274 g/mol. The molecule has 2 aliphatic rings. The Hall–Kier alpha value is -0.490. The fourth-order valence-electron chi connectivity index (χ4n) is 2.10. The highest BCUT2D eigenvalue weighted by Gasteiger charge is 2.29. The molecule has 0 spiro atoms. The van der Waals surface area contributed by atoms with Gasteiger partial charge in [-0.2, -0.15) is 0 Å².